The van der Waals surface area contributed by atoms with Gasteiger partial charge in [0.2, 0.25) is 41.4 Å². The number of likely N-dealkylation sites (tertiary alicyclic amines) is 1. The van der Waals surface area contributed by atoms with Gasteiger partial charge in [0.15, 0.2) is 0 Å². The number of hydrogen-bond acceptors (Lipinski definition) is 12. The van der Waals surface area contributed by atoms with E-state index in [-0.39, 0.29) is 25.8 Å². The van der Waals surface area contributed by atoms with Crippen molar-refractivity contribution in [1.82, 2.24) is 36.8 Å². The van der Waals surface area contributed by atoms with Crippen LogP contribution in [-0.2, 0) is 43.2 Å². The molecule has 0 saturated carbocycles. The molecule has 0 aromatic carbocycles. The van der Waals surface area contributed by atoms with E-state index in [4.69, 9.17) is 10.8 Å². The number of carboxylic acids is 2. The van der Waals surface area contributed by atoms with E-state index < -0.39 is 121 Å². The highest BCUT2D eigenvalue weighted by molar-refractivity contribution is 7.98. The van der Waals surface area contributed by atoms with Crippen molar-refractivity contribution in [3.8, 4) is 0 Å². The first-order chi connectivity index (χ1) is 24.7. The second-order valence-corrected chi connectivity index (χ2v) is 14.1. The Morgan fingerprint density at radius 1 is 0.736 bits per heavy atom. The minimum absolute atomic E-state index is 0.141. The molecular formula is C32H54N8O12S. The van der Waals surface area contributed by atoms with Gasteiger partial charge >= 0.3 is 11.9 Å². The summed E-state index contributed by atoms with van der Waals surface area (Å²) in [6, 6.07) is -9.57. The Labute approximate surface area is 311 Å². The van der Waals surface area contributed by atoms with Crippen molar-refractivity contribution >= 4 is 65.1 Å². The standard InChI is InChI=1S/C32H54N8O12S/c1-15(2)24(39-26(45)17(4)34-28(47)21(14-41)38-25(44)16(3)33)30(49)36-19(11-13-53-6)27(46)35-18(5)31(50)40-12-7-8-22(40)29(48)37-20(32(51)52)9-10-23(42)43/h15-22,24,41H,7-14,33H2,1-6H3,(H,34,47)(H,35,46)(H,36,49)(H,37,48)(H,38,44)(H,39,45)(H,42,43)(H,51,52). The zero-order valence-electron chi connectivity index (χ0n) is 30.8. The maximum atomic E-state index is 13.5. The zero-order chi connectivity index (χ0) is 40.6. The summed E-state index contributed by atoms with van der Waals surface area (Å²) in [5, 5.41) is 42.5. The molecule has 20 nitrogen and oxygen atoms in total. The summed E-state index contributed by atoms with van der Waals surface area (Å²) >= 11 is 1.39. The predicted molar refractivity (Wildman–Crippen MR) is 191 cm³/mol. The van der Waals surface area contributed by atoms with Crippen LogP contribution in [0.4, 0.5) is 0 Å². The van der Waals surface area contributed by atoms with E-state index in [9.17, 15) is 53.4 Å². The lowest BCUT2D eigenvalue weighted by Crippen LogP contribution is -2.60. The number of thioether (sulfide) groups is 1. The molecule has 7 amide bonds. The van der Waals surface area contributed by atoms with E-state index >= 15 is 0 Å². The van der Waals surface area contributed by atoms with Crippen LogP contribution in [0.25, 0.3) is 0 Å². The molecule has 11 N–H and O–H groups in total. The van der Waals surface area contributed by atoms with Crippen molar-refractivity contribution < 1.29 is 58.5 Å². The number of aliphatic hydroxyl groups is 1. The van der Waals surface area contributed by atoms with Crippen LogP contribution in [0.1, 0.15) is 66.7 Å². The lowest BCUT2D eigenvalue weighted by molar-refractivity contribution is -0.145. The monoisotopic (exact) mass is 774 g/mol. The first kappa shape index (κ1) is 46.5. The lowest BCUT2D eigenvalue weighted by atomic mass is 10.0. The van der Waals surface area contributed by atoms with Gasteiger partial charge in [0.25, 0.3) is 0 Å². The molecule has 300 valence electrons. The van der Waals surface area contributed by atoms with Crippen LogP contribution in [0.15, 0.2) is 0 Å². The van der Waals surface area contributed by atoms with Crippen LogP contribution in [0, 0.1) is 5.92 Å². The molecule has 1 fully saturated rings. The minimum Gasteiger partial charge on any atom is -0.481 e. The predicted octanol–water partition coefficient (Wildman–Crippen LogP) is -3.38. The maximum absolute atomic E-state index is 13.5. The van der Waals surface area contributed by atoms with Crippen molar-refractivity contribution in [3.63, 3.8) is 0 Å². The van der Waals surface area contributed by atoms with Crippen LogP contribution >= 0.6 is 11.8 Å². The van der Waals surface area contributed by atoms with E-state index in [2.05, 4.69) is 31.9 Å². The minimum atomic E-state index is -1.48. The highest BCUT2D eigenvalue weighted by Crippen LogP contribution is 2.19. The fourth-order valence-corrected chi connectivity index (χ4v) is 5.65. The molecule has 0 aromatic rings. The third kappa shape index (κ3) is 15.2. The Morgan fingerprint density at radius 3 is 1.85 bits per heavy atom. The van der Waals surface area contributed by atoms with Gasteiger partial charge in [-0.05, 0) is 64.4 Å². The molecule has 21 heteroatoms. The van der Waals surface area contributed by atoms with E-state index in [1.54, 1.807) is 20.1 Å². The molecule has 0 radical (unpaired) electrons. The molecule has 0 bridgehead atoms. The number of hydrogen-bond donors (Lipinski definition) is 10. The fourth-order valence-electron chi connectivity index (χ4n) is 5.18. The zero-order valence-corrected chi connectivity index (χ0v) is 31.6. The van der Waals surface area contributed by atoms with Crippen LogP contribution in [0.2, 0.25) is 0 Å². The summed E-state index contributed by atoms with van der Waals surface area (Å²) in [6.07, 6.45) is 1.71. The van der Waals surface area contributed by atoms with Gasteiger partial charge in [-0.3, -0.25) is 38.4 Å². The van der Waals surface area contributed by atoms with Crippen molar-refractivity contribution in [2.24, 2.45) is 11.7 Å². The second kappa shape index (κ2) is 22.5. The number of amides is 7. The van der Waals surface area contributed by atoms with E-state index in [0.29, 0.717) is 12.2 Å². The normalized spacial score (nSPS) is 17.9. The number of carboxylic acid groups (broad SMARTS) is 2. The maximum Gasteiger partial charge on any atom is 0.326 e. The summed E-state index contributed by atoms with van der Waals surface area (Å²) in [6.45, 7) is 6.77. The fraction of sp³-hybridized carbons (Fsp3) is 0.719. The van der Waals surface area contributed by atoms with Gasteiger partial charge in [-0.2, -0.15) is 11.8 Å². The highest BCUT2D eigenvalue weighted by atomic mass is 32.2. The van der Waals surface area contributed by atoms with Crippen LogP contribution in [-0.4, -0.2) is 147 Å². The van der Waals surface area contributed by atoms with Gasteiger partial charge in [0, 0.05) is 13.0 Å². The summed E-state index contributed by atoms with van der Waals surface area (Å²) in [5.41, 5.74) is 5.48. The molecule has 0 aliphatic carbocycles. The average molecular weight is 775 g/mol. The van der Waals surface area contributed by atoms with Crippen LogP contribution < -0.4 is 37.6 Å². The Hall–Kier alpha value is -4.50. The Kier molecular flexibility index (Phi) is 19.8. The average Bonchev–Trinajstić information content (AvgIpc) is 3.58. The molecule has 53 heavy (non-hydrogen) atoms. The van der Waals surface area contributed by atoms with E-state index in [1.165, 1.54) is 37.4 Å². The second-order valence-electron chi connectivity index (χ2n) is 13.1. The van der Waals surface area contributed by atoms with Gasteiger partial charge in [0.05, 0.1) is 12.6 Å². The molecule has 1 rings (SSSR count). The Bertz CT molecular complexity index is 1350. The summed E-state index contributed by atoms with van der Waals surface area (Å²) < 4.78 is 0. The van der Waals surface area contributed by atoms with E-state index in [0.717, 1.165) is 0 Å². The number of aliphatic hydroxyl groups excluding tert-OH is 1. The van der Waals surface area contributed by atoms with Crippen LogP contribution in [0.5, 0.6) is 0 Å². The lowest BCUT2D eigenvalue weighted by Gasteiger charge is -2.29. The number of carbonyl (C=O) groups excluding carboxylic acids is 7. The number of rotatable bonds is 22. The molecule has 0 aromatic heterocycles. The molecule has 0 spiro atoms. The highest BCUT2D eigenvalue weighted by Gasteiger charge is 2.39. The Balaban J connectivity index is 2.98. The van der Waals surface area contributed by atoms with Crippen molar-refractivity contribution in [2.45, 2.75) is 115 Å². The van der Waals surface area contributed by atoms with Crippen molar-refractivity contribution in [1.29, 1.82) is 0 Å². The SMILES string of the molecule is CSCCC(NC(=O)C(NC(=O)C(C)NC(=O)C(CO)NC(=O)C(C)N)C(C)C)C(=O)NC(C)C(=O)N1CCCC1C(=O)NC(CCC(=O)O)C(=O)O. The molecule has 8 unspecified atom stereocenters. The first-order valence-electron chi connectivity index (χ1n) is 17.2. The summed E-state index contributed by atoms with van der Waals surface area (Å²) in [7, 11) is 0. The summed E-state index contributed by atoms with van der Waals surface area (Å²) in [4.78, 5) is 114. The van der Waals surface area contributed by atoms with Gasteiger partial charge < -0.3 is 57.9 Å². The molecule has 1 saturated heterocycles. The molecule has 1 aliphatic rings. The van der Waals surface area contributed by atoms with Crippen molar-refractivity contribution in [3.05, 3.63) is 0 Å². The number of carbonyl (C=O) groups is 9. The molecular weight excluding hydrogens is 720 g/mol. The van der Waals surface area contributed by atoms with E-state index in [1.807, 2.05) is 0 Å². The van der Waals surface area contributed by atoms with Crippen molar-refractivity contribution in [2.75, 3.05) is 25.2 Å². The quantitative estimate of drug-likeness (QED) is 0.0514. The number of nitrogens with two attached hydrogens (primary N) is 1. The molecule has 8 atom stereocenters. The summed E-state index contributed by atoms with van der Waals surface area (Å²) in [5.74, 6) is -7.91. The molecule has 1 heterocycles. The largest absolute Gasteiger partial charge is 0.481 e. The third-order valence-corrected chi connectivity index (χ3v) is 8.94. The van der Waals surface area contributed by atoms with Crippen LogP contribution in [0.3, 0.4) is 0 Å². The third-order valence-electron chi connectivity index (χ3n) is 8.30. The number of nitrogens with zero attached hydrogens (tertiary/aromatic N) is 1. The first-order valence-corrected chi connectivity index (χ1v) is 18.6. The topological polar surface area (TPSA) is 316 Å². The van der Waals surface area contributed by atoms with Gasteiger partial charge in [-0.1, -0.05) is 13.8 Å². The molecule has 1 aliphatic heterocycles. The number of nitrogens with one attached hydrogen (secondary N) is 6. The van der Waals surface area contributed by atoms with Gasteiger partial charge in [-0.25, -0.2) is 4.79 Å². The Morgan fingerprint density at radius 2 is 1.32 bits per heavy atom. The van der Waals surface area contributed by atoms with Gasteiger partial charge in [0.1, 0.15) is 42.3 Å². The van der Waals surface area contributed by atoms with Gasteiger partial charge in [-0.15, -0.1) is 0 Å². The number of aliphatic carboxylic acids is 2. The smallest absolute Gasteiger partial charge is 0.326 e.